The van der Waals surface area contributed by atoms with E-state index in [9.17, 15) is 0 Å². The lowest BCUT2D eigenvalue weighted by Crippen LogP contribution is -3.13. The maximum absolute atomic E-state index is 2.39. The van der Waals surface area contributed by atoms with Crippen molar-refractivity contribution in [3.63, 3.8) is 0 Å². The van der Waals surface area contributed by atoms with Gasteiger partial charge in [-0.15, -0.1) is 0 Å². The zero-order chi connectivity index (χ0) is 8.10. The van der Waals surface area contributed by atoms with Gasteiger partial charge in [-0.1, -0.05) is 20.3 Å². The summed E-state index contributed by atoms with van der Waals surface area (Å²) in [5, 5.41) is 0. The molecule has 0 aliphatic carbocycles. The first kappa shape index (κ1) is 11.9. The van der Waals surface area contributed by atoms with Crippen LogP contribution in [-0.2, 0) is 0 Å². The Morgan fingerprint density at radius 2 is 1.83 bits per heavy atom. The molecule has 1 saturated heterocycles. The predicted molar refractivity (Wildman–Crippen MR) is 48.9 cm³/mol. The summed E-state index contributed by atoms with van der Waals surface area (Å²) in [4.78, 5) is 1.85. The lowest BCUT2D eigenvalue weighted by Gasteiger charge is -2.27. The van der Waals surface area contributed by atoms with Gasteiger partial charge in [-0.05, 0) is 25.2 Å². The average Bonchev–Trinajstić information content (AvgIpc) is 2.04. The molecule has 1 heterocycles. The largest absolute Gasteiger partial charge is 1.00 e. The quantitative estimate of drug-likeness (QED) is 0.511. The maximum atomic E-state index is 2.39. The highest BCUT2D eigenvalue weighted by atomic mass is 19.0. The van der Waals surface area contributed by atoms with E-state index in [1.54, 1.807) is 0 Å². The molecule has 0 aromatic carbocycles. The van der Waals surface area contributed by atoms with Crippen molar-refractivity contribution < 1.29 is 9.60 Å². The van der Waals surface area contributed by atoms with Crippen molar-refractivity contribution in [3.8, 4) is 0 Å². The summed E-state index contributed by atoms with van der Waals surface area (Å²) in [7, 11) is 0. The van der Waals surface area contributed by atoms with Crippen LogP contribution in [0.4, 0.5) is 0 Å². The van der Waals surface area contributed by atoms with Gasteiger partial charge in [0.25, 0.3) is 0 Å². The van der Waals surface area contributed by atoms with Crippen molar-refractivity contribution in [1.82, 2.24) is 0 Å². The standard InChI is InChI=1S/C10H21N.FH/c1-3-4-7-11-8-5-10(2)6-9-11;/h10H,3-9H2,1-2H3;1H. The Balaban J connectivity index is 0.00000121. The van der Waals surface area contributed by atoms with E-state index >= 15 is 0 Å². The van der Waals surface area contributed by atoms with Crippen molar-refractivity contribution in [2.75, 3.05) is 19.6 Å². The summed E-state index contributed by atoms with van der Waals surface area (Å²) >= 11 is 0. The third kappa shape index (κ3) is 4.05. The van der Waals surface area contributed by atoms with Crippen molar-refractivity contribution in [3.05, 3.63) is 0 Å². The molecular formula is C10H22FN. The van der Waals surface area contributed by atoms with Crippen LogP contribution in [0.3, 0.4) is 0 Å². The van der Waals surface area contributed by atoms with Crippen LogP contribution in [0.1, 0.15) is 39.5 Å². The van der Waals surface area contributed by atoms with Gasteiger partial charge in [-0.3, -0.25) is 0 Å². The topological polar surface area (TPSA) is 4.44 Å². The maximum Gasteiger partial charge on any atom is 0.0773 e. The predicted octanol–water partition coefficient (Wildman–Crippen LogP) is -1.89. The first-order valence-corrected chi connectivity index (χ1v) is 5.16. The van der Waals surface area contributed by atoms with Crippen LogP contribution in [0.15, 0.2) is 0 Å². The number of piperidine rings is 1. The second kappa shape index (κ2) is 6.41. The Morgan fingerprint density at radius 3 is 2.33 bits per heavy atom. The van der Waals surface area contributed by atoms with Gasteiger partial charge in [-0.2, -0.15) is 0 Å². The van der Waals surface area contributed by atoms with Crippen molar-refractivity contribution >= 4 is 0 Å². The fourth-order valence-electron chi connectivity index (χ4n) is 1.85. The van der Waals surface area contributed by atoms with E-state index in [4.69, 9.17) is 0 Å². The smallest absolute Gasteiger partial charge is 0.0773 e. The number of unbranched alkanes of at least 4 members (excludes halogenated alkanes) is 1. The molecule has 1 aliphatic rings. The minimum absolute atomic E-state index is 0. The molecule has 0 unspecified atom stereocenters. The molecule has 1 aliphatic heterocycles. The van der Waals surface area contributed by atoms with Crippen LogP contribution in [0.2, 0.25) is 0 Å². The fourth-order valence-corrected chi connectivity index (χ4v) is 1.85. The lowest BCUT2D eigenvalue weighted by atomic mass is 9.99. The molecule has 12 heavy (non-hydrogen) atoms. The average molecular weight is 175 g/mol. The van der Waals surface area contributed by atoms with E-state index in [0.717, 1.165) is 5.92 Å². The number of nitrogens with one attached hydrogen (secondary N) is 1. The highest BCUT2D eigenvalue weighted by Gasteiger charge is 2.17. The Morgan fingerprint density at radius 1 is 1.25 bits per heavy atom. The van der Waals surface area contributed by atoms with Crippen molar-refractivity contribution in [2.45, 2.75) is 39.5 Å². The van der Waals surface area contributed by atoms with E-state index in [2.05, 4.69) is 13.8 Å². The lowest BCUT2D eigenvalue weighted by molar-refractivity contribution is -0.906. The van der Waals surface area contributed by atoms with Gasteiger partial charge in [0.2, 0.25) is 0 Å². The molecule has 0 radical (unpaired) electrons. The Labute approximate surface area is 75.5 Å². The molecule has 0 atom stereocenters. The molecule has 74 valence electrons. The summed E-state index contributed by atoms with van der Waals surface area (Å²) in [6.07, 6.45) is 5.70. The minimum Gasteiger partial charge on any atom is -1.00 e. The van der Waals surface area contributed by atoms with Crippen molar-refractivity contribution in [1.29, 1.82) is 0 Å². The molecule has 1 nitrogen and oxygen atoms in total. The molecule has 0 spiro atoms. The first-order valence-electron chi connectivity index (χ1n) is 5.16. The zero-order valence-corrected chi connectivity index (χ0v) is 8.41. The highest BCUT2D eigenvalue weighted by Crippen LogP contribution is 2.06. The second-order valence-corrected chi connectivity index (χ2v) is 4.04. The van der Waals surface area contributed by atoms with Crippen LogP contribution < -0.4 is 9.60 Å². The normalized spacial score (nSPS) is 29.5. The summed E-state index contributed by atoms with van der Waals surface area (Å²) in [5.41, 5.74) is 0. The van der Waals surface area contributed by atoms with E-state index in [-0.39, 0.29) is 4.70 Å². The van der Waals surface area contributed by atoms with Crippen molar-refractivity contribution in [2.24, 2.45) is 5.92 Å². The zero-order valence-electron chi connectivity index (χ0n) is 8.41. The molecule has 0 aromatic rings. The molecule has 0 saturated carbocycles. The number of rotatable bonds is 3. The van der Waals surface area contributed by atoms with E-state index in [1.165, 1.54) is 45.3 Å². The number of hydrogen-bond donors (Lipinski definition) is 1. The monoisotopic (exact) mass is 175 g/mol. The Hall–Kier alpha value is -0.110. The van der Waals surface area contributed by atoms with Gasteiger partial charge < -0.3 is 9.60 Å². The van der Waals surface area contributed by atoms with Gasteiger partial charge in [0.1, 0.15) is 0 Å². The summed E-state index contributed by atoms with van der Waals surface area (Å²) in [5.74, 6) is 1.00. The molecule has 0 amide bonds. The molecular weight excluding hydrogens is 153 g/mol. The van der Waals surface area contributed by atoms with Gasteiger partial charge in [-0.25, -0.2) is 0 Å². The molecule has 0 aromatic heterocycles. The van der Waals surface area contributed by atoms with E-state index < -0.39 is 0 Å². The minimum atomic E-state index is 0. The number of halogens is 1. The fraction of sp³-hybridized carbons (Fsp3) is 1.00. The van der Waals surface area contributed by atoms with Crippen LogP contribution in [0.25, 0.3) is 0 Å². The number of hydrogen-bond acceptors (Lipinski definition) is 0. The second-order valence-electron chi connectivity index (χ2n) is 4.04. The van der Waals surface area contributed by atoms with E-state index in [0.29, 0.717) is 0 Å². The molecule has 2 heteroatoms. The number of quaternary nitrogens is 1. The highest BCUT2D eigenvalue weighted by molar-refractivity contribution is 4.55. The van der Waals surface area contributed by atoms with Crippen LogP contribution in [0, 0.1) is 5.92 Å². The molecule has 1 N–H and O–H groups in total. The first-order chi connectivity index (χ1) is 5.33. The third-order valence-electron chi connectivity index (χ3n) is 2.87. The van der Waals surface area contributed by atoms with E-state index in [1.807, 2.05) is 4.90 Å². The Bertz CT molecular complexity index is 95.3. The molecule has 1 rings (SSSR count). The third-order valence-corrected chi connectivity index (χ3v) is 2.87. The summed E-state index contributed by atoms with van der Waals surface area (Å²) in [6.45, 7) is 8.95. The molecule has 1 fully saturated rings. The SMILES string of the molecule is CCCC[NH+]1CCC(C)CC1.[F-]. The summed E-state index contributed by atoms with van der Waals surface area (Å²) in [6, 6.07) is 0. The van der Waals surface area contributed by atoms with Gasteiger partial charge >= 0.3 is 0 Å². The van der Waals surface area contributed by atoms with Gasteiger partial charge in [0.15, 0.2) is 0 Å². The Kier molecular flexibility index (Phi) is 6.35. The van der Waals surface area contributed by atoms with Gasteiger partial charge in [0.05, 0.1) is 19.6 Å². The van der Waals surface area contributed by atoms with Gasteiger partial charge in [0, 0.05) is 0 Å². The van der Waals surface area contributed by atoms with Crippen LogP contribution in [-0.4, -0.2) is 19.6 Å². The van der Waals surface area contributed by atoms with Crippen LogP contribution >= 0.6 is 0 Å². The molecule has 0 bridgehead atoms. The van der Waals surface area contributed by atoms with Crippen LogP contribution in [0.5, 0.6) is 0 Å². The summed E-state index contributed by atoms with van der Waals surface area (Å²) < 4.78 is 0. The number of likely N-dealkylation sites (tertiary alicyclic amines) is 1.